The molecule has 0 atom stereocenters. The third-order valence-corrected chi connectivity index (χ3v) is 4.32. The molecule has 29 heavy (non-hydrogen) atoms. The second-order valence-corrected chi connectivity index (χ2v) is 6.86. The molecule has 146 valence electrons. The van der Waals surface area contributed by atoms with Crippen molar-refractivity contribution in [2.45, 2.75) is 0 Å². The second-order valence-electron chi connectivity index (χ2n) is 5.95. The summed E-state index contributed by atoms with van der Waals surface area (Å²) in [6, 6.07) is 16.2. The largest absolute Gasteiger partial charge is 0.508 e. The van der Waals surface area contributed by atoms with Crippen molar-refractivity contribution in [3.05, 3.63) is 93.7 Å². The summed E-state index contributed by atoms with van der Waals surface area (Å²) in [6.07, 6.45) is 1.38. The maximum atomic E-state index is 13.0. The number of carbonyl (C=O) groups is 2. The van der Waals surface area contributed by atoms with Gasteiger partial charge in [0.2, 0.25) is 0 Å². The van der Waals surface area contributed by atoms with Crippen molar-refractivity contribution in [1.82, 2.24) is 5.43 Å². The van der Waals surface area contributed by atoms with Gasteiger partial charge in [-0.3, -0.25) is 9.59 Å². The number of nitrogens with one attached hydrogen (secondary N) is 2. The molecular weight excluding hydrogens is 441 g/mol. The maximum Gasteiger partial charge on any atom is 0.273 e. The summed E-state index contributed by atoms with van der Waals surface area (Å²) in [5.74, 6) is -1.39. The Morgan fingerprint density at radius 1 is 1.00 bits per heavy atom. The predicted molar refractivity (Wildman–Crippen MR) is 112 cm³/mol. The van der Waals surface area contributed by atoms with Crippen molar-refractivity contribution < 1.29 is 19.1 Å². The average Bonchev–Trinajstić information content (AvgIpc) is 2.69. The molecule has 0 aliphatic carbocycles. The van der Waals surface area contributed by atoms with E-state index in [4.69, 9.17) is 0 Å². The van der Waals surface area contributed by atoms with Crippen LogP contribution in [0.1, 0.15) is 26.3 Å². The maximum absolute atomic E-state index is 13.0. The molecule has 3 rings (SSSR count). The number of hydrogen-bond donors (Lipinski definition) is 3. The Morgan fingerprint density at radius 2 is 1.76 bits per heavy atom. The standard InChI is InChI=1S/C21H15BrFN3O3/c22-15-6-9-19(25-20(28)14-4-7-16(23)8-5-14)18(11-15)21(29)26-24-12-13-2-1-3-17(27)10-13/h1-12,27H,(H,25,28)(H,26,29). The average molecular weight is 456 g/mol. The fourth-order valence-corrected chi connectivity index (χ4v) is 2.80. The number of phenolic OH excluding ortho intramolecular Hbond substituents is 1. The third-order valence-electron chi connectivity index (χ3n) is 3.83. The number of phenols is 1. The van der Waals surface area contributed by atoms with Crippen LogP contribution in [0.3, 0.4) is 0 Å². The topological polar surface area (TPSA) is 90.8 Å². The van der Waals surface area contributed by atoms with Crippen molar-refractivity contribution in [1.29, 1.82) is 0 Å². The van der Waals surface area contributed by atoms with Crippen molar-refractivity contribution >= 4 is 39.6 Å². The molecule has 0 spiro atoms. The number of anilines is 1. The lowest BCUT2D eigenvalue weighted by Crippen LogP contribution is -2.21. The number of amides is 2. The first-order valence-corrected chi connectivity index (χ1v) is 9.20. The molecule has 0 saturated carbocycles. The van der Waals surface area contributed by atoms with E-state index < -0.39 is 17.6 Å². The highest BCUT2D eigenvalue weighted by Gasteiger charge is 2.15. The lowest BCUT2D eigenvalue weighted by molar-refractivity contribution is 0.0956. The van der Waals surface area contributed by atoms with E-state index in [2.05, 4.69) is 31.8 Å². The van der Waals surface area contributed by atoms with Gasteiger partial charge in [-0.1, -0.05) is 28.1 Å². The fraction of sp³-hybridized carbons (Fsp3) is 0. The number of benzene rings is 3. The molecule has 0 aromatic heterocycles. The third kappa shape index (κ3) is 5.49. The van der Waals surface area contributed by atoms with Crippen molar-refractivity contribution in [3.8, 4) is 5.75 Å². The molecule has 0 bridgehead atoms. The number of aromatic hydroxyl groups is 1. The molecule has 0 heterocycles. The zero-order chi connectivity index (χ0) is 20.8. The molecule has 0 radical (unpaired) electrons. The Bertz CT molecular complexity index is 1080. The fourth-order valence-electron chi connectivity index (χ4n) is 2.44. The van der Waals surface area contributed by atoms with Gasteiger partial charge in [0, 0.05) is 10.0 Å². The Balaban J connectivity index is 1.76. The minimum Gasteiger partial charge on any atom is -0.508 e. The van der Waals surface area contributed by atoms with Crippen LogP contribution in [-0.4, -0.2) is 23.1 Å². The quantitative estimate of drug-likeness (QED) is 0.395. The Labute approximate surface area is 174 Å². The monoisotopic (exact) mass is 455 g/mol. The summed E-state index contributed by atoms with van der Waals surface area (Å²) in [4.78, 5) is 24.9. The number of carbonyl (C=O) groups excluding carboxylic acids is 2. The van der Waals surface area contributed by atoms with Crippen LogP contribution in [0, 0.1) is 5.82 Å². The first kappa shape index (κ1) is 20.2. The van der Waals surface area contributed by atoms with E-state index in [9.17, 15) is 19.1 Å². The SMILES string of the molecule is O=C(Nc1ccc(Br)cc1C(=O)NN=Cc1cccc(O)c1)c1ccc(F)cc1. The predicted octanol–water partition coefficient (Wildman–Crippen LogP) is 4.31. The van der Waals surface area contributed by atoms with Crippen LogP contribution in [0.2, 0.25) is 0 Å². The molecule has 0 saturated heterocycles. The first-order chi connectivity index (χ1) is 13.9. The van der Waals surface area contributed by atoms with E-state index in [1.807, 2.05) is 0 Å². The van der Waals surface area contributed by atoms with Crippen molar-refractivity contribution in [2.24, 2.45) is 5.10 Å². The van der Waals surface area contributed by atoms with Gasteiger partial charge in [0.25, 0.3) is 11.8 Å². The summed E-state index contributed by atoms with van der Waals surface area (Å²) in [7, 11) is 0. The first-order valence-electron chi connectivity index (χ1n) is 8.41. The lowest BCUT2D eigenvalue weighted by Gasteiger charge is -2.11. The zero-order valence-corrected chi connectivity index (χ0v) is 16.5. The molecule has 0 fully saturated rings. The Hall–Kier alpha value is -3.52. The second kappa shape index (κ2) is 9.11. The zero-order valence-electron chi connectivity index (χ0n) is 14.9. The molecular formula is C21H15BrFN3O3. The van der Waals surface area contributed by atoms with Crippen LogP contribution in [0.5, 0.6) is 5.75 Å². The molecule has 0 aliphatic heterocycles. The number of halogens is 2. The van der Waals surface area contributed by atoms with Crippen LogP contribution in [0.4, 0.5) is 10.1 Å². The van der Waals surface area contributed by atoms with Crippen LogP contribution in [0.25, 0.3) is 0 Å². The van der Waals surface area contributed by atoms with Crippen LogP contribution >= 0.6 is 15.9 Å². The molecule has 0 unspecified atom stereocenters. The highest BCUT2D eigenvalue weighted by atomic mass is 79.9. The van der Waals surface area contributed by atoms with Crippen molar-refractivity contribution in [2.75, 3.05) is 5.32 Å². The molecule has 6 nitrogen and oxygen atoms in total. The van der Waals surface area contributed by atoms with Gasteiger partial charge in [-0.05, 0) is 60.2 Å². The number of rotatable bonds is 5. The normalized spacial score (nSPS) is 10.7. The van der Waals surface area contributed by atoms with Crippen LogP contribution < -0.4 is 10.7 Å². The van der Waals surface area contributed by atoms with Gasteiger partial charge >= 0.3 is 0 Å². The highest BCUT2D eigenvalue weighted by Crippen LogP contribution is 2.22. The molecule has 0 aliphatic rings. The molecule has 3 aromatic rings. The summed E-state index contributed by atoms with van der Waals surface area (Å²) < 4.78 is 13.7. The number of hydrogen-bond acceptors (Lipinski definition) is 4. The molecule has 8 heteroatoms. The van der Waals surface area contributed by atoms with E-state index in [0.717, 1.165) is 0 Å². The highest BCUT2D eigenvalue weighted by molar-refractivity contribution is 9.10. The summed E-state index contributed by atoms with van der Waals surface area (Å²) in [5, 5.41) is 16.0. The van der Waals surface area contributed by atoms with E-state index in [1.54, 1.807) is 30.3 Å². The van der Waals surface area contributed by atoms with Gasteiger partial charge in [-0.25, -0.2) is 9.82 Å². The van der Waals surface area contributed by atoms with Gasteiger partial charge in [0.1, 0.15) is 11.6 Å². The van der Waals surface area contributed by atoms with Gasteiger partial charge in [-0.2, -0.15) is 5.10 Å². The van der Waals surface area contributed by atoms with Crippen LogP contribution in [0.15, 0.2) is 76.3 Å². The molecule has 3 N–H and O–H groups in total. The number of nitrogens with zero attached hydrogens (tertiary/aromatic N) is 1. The van der Waals surface area contributed by atoms with E-state index in [-0.39, 0.29) is 22.6 Å². The minimum atomic E-state index is -0.544. The molecule has 3 aromatic carbocycles. The summed E-state index contributed by atoms with van der Waals surface area (Å²) in [5.41, 5.74) is 3.69. The minimum absolute atomic E-state index is 0.0815. The van der Waals surface area contributed by atoms with E-state index in [0.29, 0.717) is 10.0 Å². The lowest BCUT2D eigenvalue weighted by atomic mass is 10.1. The molecule has 2 amide bonds. The smallest absolute Gasteiger partial charge is 0.273 e. The van der Waals surface area contributed by atoms with Gasteiger partial charge in [-0.15, -0.1) is 0 Å². The van der Waals surface area contributed by atoms with Crippen LogP contribution in [-0.2, 0) is 0 Å². The van der Waals surface area contributed by atoms with Gasteiger partial charge < -0.3 is 10.4 Å². The summed E-state index contributed by atoms with van der Waals surface area (Å²) >= 11 is 3.30. The summed E-state index contributed by atoms with van der Waals surface area (Å²) in [6.45, 7) is 0. The van der Waals surface area contributed by atoms with E-state index in [1.165, 1.54) is 42.6 Å². The van der Waals surface area contributed by atoms with Gasteiger partial charge in [0.15, 0.2) is 0 Å². The van der Waals surface area contributed by atoms with E-state index >= 15 is 0 Å². The number of hydrazone groups is 1. The van der Waals surface area contributed by atoms with Gasteiger partial charge in [0.05, 0.1) is 17.5 Å². The Kier molecular flexibility index (Phi) is 6.36. The van der Waals surface area contributed by atoms with Crippen molar-refractivity contribution in [3.63, 3.8) is 0 Å². The Morgan fingerprint density at radius 3 is 2.48 bits per heavy atom.